The number of nitrogens with one attached hydrogen (secondary N) is 2. The molecule has 0 aliphatic rings. The highest BCUT2D eigenvalue weighted by molar-refractivity contribution is 5.96. The summed E-state index contributed by atoms with van der Waals surface area (Å²) in [5, 5.41) is 16.5. The van der Waals surface area contributed by atoms with E-state index >= 15 is 0 Å². The number of anilines is 1. The second-order valence-electron chi connectivity index (χ2n) is 7.68. The van der Waals surface area contributed by atoms with Crippen molar-refractivity contribution in [2.24, 2.45) is 0 Å². The number of carbonyl (C=O) groups is 2. The standard InChI is InChI=1S/C21H24N6O3/c1-21(2,3)30-20(29)24-18(13-15-7-5-4-6-8-15)19(28)23-16-9-11-17(12-10-16)27-14-22-25-26-27/h4-12,14,18H,13H2,1-3H3,(H,23,28)(H,24,29)/t18-/m0/s1. The van der Waals surface area contributed by atoms with Crippen molar-refractivity contribution in [3.63, 3.8) is 0 Å². The molecular weight excluding hydrogens is 384 g/mol. The van der Waals surface area contributed by atoms with E-state index in [2.05, 4.69) is 26.2 Å². The number of tetrazole rings is 1. The zero-order valence-electron chi connectivity index (χ0n) is 17.1. The lowest BCUT2D eigenvalue weighted by Crippen LogP contribution is -2.47. The molecule has 9 nitrogen and oxygen atoms in total. The van der Waals surface area contributed by atoms with Crippen LogP contribution in [0.1, 0.15) is 26.3 Å². The van der Waals surface area contributed by atoms with Gasteiger partial charge in [-0.05, 0) is 61.0 Å². The van der Waals surface area contributed by atoms with Gasteiger partial charge >= 0.3 is 6.09 Å². The van der Waals surface area contributed by atoms with Crippen LogP contribution >= 0.6 is 0 Å². The van der Waals surface area contributed by atoms with Gasteiger partial charge in [0.25, 0.3) is 0 Å². The van der Waals surface area contributed by atoms with Crippen molar-refractivity contribution in [2.45, 2.75) is 38.8 Å². The smallest absolute Gasteiger partial charge is 0.408 e. The van der Waals surface area contributed by atoms with E-state index in [-0.39, 0.29) is 5.91 Å². The van der Waals surface area contributed by atoms with Crippen molar-refractivity contribution in [1.82, 2.24) is 25.5 Å². The molecule has 1 aromatic heterocycles. The Kier molecular flexibility index (Phi) is 6.41. The number of benzene rings is 2. The Labute approximate surface area is 174 Å². The highest BCUT2D eigenvalue weighted by atomic mass is 16.6. The van der Waals surface area contributed by atoms with Crippen LogP contribution in [0.2, 0.25) is 0 Å². The number of alkyl carbamates (subject to hydrolysis) is 1. The molecule has 0 radical (unpaired) electrons. The fraction of sp³-hybridized carbons (Fsp3) is 0.286. The summed E-state index contributed by atoms with van der Waals surface area (Å²) in [6.07, 6.45) is 1.16. The molecule has 0 aliphatic carbocycles. The Bertz CT molecular complexity index is 966. The van der Waals surface area contributed by atoms with Gasteiger partial charge in [-0.3, -0.25) is 4.79 Å². The predicted octanol–water partition coefficient (Wildman–Crippen LogP) is 2.74. The van der Waals surface area contributed by atoms with E-state index in [1.54, 1.807) is 45.0 Å². The molecule has 30 heavy (non-hydrogen) atoms. The van der Waals surface area contributed by atoms with Crippen LogP contribution < -0.4 is 10.6 Å². The van der Waals surface area contributed by atoms with Crippen LogP contribution in [0.3, 0.4) is 0 Å². The van der Waals surface area contributed by atoms with E-state index < -0.39 is 17.7 Å². The number of aromatic nitrogens is 4. The van der Waals surface area contributed by atoms with Crippen LogP contribution in [0.25, 0.3) is 5.69 Å². The van der Waals surface area contributed by atoms with Crippen LogP contribution in [0.4, 0.5) is 10.5 Å². The van der Waals surface area contributed by atoms with E-state index in [4.69, 9.17) is 4.74 Å². The molecule has 0 spiro atoms. The van der Waals surface area contributed by atoms with Gasteiger partial charge < -0.3 is 15.4 Å². The molecule has 3 rings (SSSR count). The third-order valence-corrected chi connectivity index (χ3v) is 4.04. The van der Waals surface area contributed by atoms with E-state index in [1.165, 1.54) is 11.0 Å². The largest absolute Gasteiger partial charge is 0.444 e. The third kappa shape index (κ3) is 6.13. The zero-order valence-corrected chi connectivity index (χ0v) is 17.1. The minimum Gasteiger partial charge on any atom is -0.444 e. The summed E-state index contributed by atoms with van der Waals surface area (Å²) in [6.45, 7) is 5.31. The Hall–Kier alpha value is -3.75. The summed E-state index contributed by atoms with van der Waals surface area (Å²) in [5.41, 5.74) is 1.60. The molecule has 2 amide bonds. The molecule has 1 heterocycles. The molecule has 2 aromatic carbocycles. The van der Waals surface area contributed by atoms with Crippen molar-refractivity contribution in [1.29, 1.82) is 0 Å². The van der Waals surface area contributed by atoms with Gasteiger partial charge in [0.1, 0.15) is 18.0 Å². The molecule has 0 saturated heterocycles. The topological polar surface area (TPSA) is 111 Å². The lowest BCUT2D eigenvalue weighted by Gasteiger charge is -2.23. The quantitative estimate of drug-likeness (QED) is 0.649. The minimum absolute atomic E-state index is 0.328. The first-order valence-corrected chi connectivity index (χ1v) is 9.48. The van der Waals surface area contributed by atoms with Gasteiger partial charge in [-0.15, -0.1) is 5.10 Å². The lowest BCUT2D eigenvalue weighted by atomic mass is 10.1. The fourth-order valence-electron chi connectivity index (χ4n) is 2.72. The van der Waals surface area contributed by atoms with E-state index in [1.807, 2.05) is 30.3 Å². The molecule has 3 aromatic rings. The Balaban J connectivity index is 1.71. The van der Waals surface area contributed by atoms with Gasteiger partial charge in [0.05, 0.1) is 5.69 Å². The number of amides is 2. The number of hydrogen-bond donors (Lipinski definition) is 2. The molecule has 9 heteroatoms. The average Bonchev–Trinajstić information content (AvgIpc) is 3.22. The van der Waals surface area contributed by atoms with E-state index in [0.717, 1.165) is 11.3 Å². The lowest BCUT2D eigenvalue weighted by molar-refractivity contribution is -0.118. The van der Waals surface area contributed by atoms with Crippen LogP contribution in [-0.2, 0) is 16.0 Å². The van der Waals surface area contributed by atoms with Crippen molar-refractivity contribution in [2.75, 3.05) is 5.32 Å². The normalized spacial score (nSPS) is 12.1. The van der Waals surface area contributed by atoms with E-state index in [0.29, 0.717) is 12.1 Å². The first kappa shape index (κ1) is 21.0. The van der Waals surface area contributed by atoms with Crippen molar-refractivity contribution in [3.05, 3.63) is 66.5 Å². The van der Waals surface area contributed by atoms with Gasteiger partial charge in [-0.1, -0.05) is 30.3 Å². The van der Waals surface area contributed by atoms with Gasteiger partial charge in [0.2, 0.25) is 5.91 Å². The second-order valence-corrected chi connectivity index (χ2v) is 7.68. The average molecular weight is 408 g/mol. The summed E-state index contributed by atoms with van der Waals surface area (Å²) in [6, 6.07) is 15.7. The van der Waals surface area contributed by atoms with Crippen LogP contribution in [0, 0.1) is 0 Å². The van der Waals surface area contributed by atoms with Crippen LogP contribution in [0.15, 0.2) is 60.9 Å². The van der Waals surface area contributed by atoms with E-state index in [9.17, 15) is 9.59 Å². The second kappa shape index (κ2) is 9.17. The molecule has 0 saturated carbocycles. The third-order valence-electron chi connectivity index (χ3n) is 4.04. The maximum Gasteiger partial charge on any atom is 0.408 e. The molecule has 0 fully saturated rings. The van der Waals surface area contributed by atoms with Crippen LogP contribution in [-0.4, -0.2) is 43.9 Å². The molecule has 1 atom stereocenters. The molecule has 0 unspecified atom stereocenters. The summed E-state index contributed by atoms with van der Waals surface area (Å²) < 4.78 is 6.82. The summed E-state index contributed by atoms with van der Waals surface area (Å²) in [7, 11) is 0. The Morgan fingerprint density at radius 2 is 1.77 bits per heavy atom. The van der Waals surface area contributed by atoms with Crippen molar-refractivity contribution >= 4 is 17.7 Å². The Morgan fingerprint density at radius 3 is 2.37 bits per heavy atom. The van der Waals surface area contributed by atoms with Crippen molar-refractivity contribution in [3.8, 4) is 5.69 Å². The number of nitrogens with zero attached hydrogens (tertiary/aromatic N) is 4. The number of ether oxygens (including phenoxy) is 1. The van der Waals surface area contributed by atoms with Gasteiger partial charge in [0, 0.05) is 12.1 Å². The molecular formula is C21H24N6O3. The van der Waals surface area contributed by atoms with Crippen LogP contribution in [0.5, 0.6) is 0 Å². The maximum atomic E-state index is 12.9. The maximum absolute atomic E-state index is 12.9. The minimum atomic E-state index is -0.804. The summed E-state index contributed by atoms with van der Waals surface area (Å²) >= 11 is 0. The molecule has 0 bridgehead atoms. The first-order chi connectivity index (χ1) is 14.3. The van der Waals surface area contributed by atoms with Gasteiger partial charge in [-0.2, -0.15) is 0 Å². The SMILES string of the molecule is CC(C)(C)OC(=O)N[C@@H](Cc1ccccc1)C(=O)Nc1ccc(-n2cnnn2)cc1. The fourth-order valence-corrected chi connectivity index (χ4v) is 2.72. The summed E-state index contributed by atoms with van der Waals surface area (Å²) in [5.74, 6) is -0.347. The summed E-state index contributed by atoms with van der Waals surface area (Å²) in [4.78, 5) is 25.2. The number of hydrogen-bond acceptors (Lipinski definition) is 6. The zero-order chi connectivity index (χ0) is 21.6. The molecule has 0 aliphatic heterocycles. The van der Waals surface area contributed by atoms with Gasteiger partial charge in [0.15, 0.2) is 0 Å². The highest BCUT2D eigenvalue weighted by Crippen LogP contribution is 2.14. The van der Waals surface area contributed by atoms with Gasteiger partial charge in [-0.25, -0.2) is 9.48 Å². The van der Waals surface area contributed by atoms with Crippen molar-refractivity contribution < 1.29 is 14.3 Å². The first-order valence-electron chi connectivity index (χ1n) is 9.48. The molecule has 2 N–H and O–H groups in total. The number of carbonyl (C=O) groups excluding carboxylic acids is 2. The predicted molar refractivity (Wildman–Crippen MR) is 111 cm³/mol. The molecule has 156 valence electrons. The Morgan fingerprint density at radius 1 is 1.07 bits per heavy atom. The monoisotopic (exact) mass is 408 g/mol. The number of rotatable bonds is 6. The highest BCUT2D eigenvalue weighted by Gasteiger charge is 2.25.